The molecule has 2 aromatic rings. The lowest BCUT2D eigenvalue weighted by Gasteiger charge is -2.13. The maximum Gasteiger partial charge on any atom is 0.127 e. The van der Waals surface area contributed by atoms with Crippen molar-refractivity contribution in [2.24, 2.45) is 0 Å². The SMILES string of the molecule is C=CCOc1ccccc1-c1ccccc1OC. The number of para-hydroxylation sites is 2. The largest absolute Gasteiger partial charge is 0.496 e. The summed E-state index contributed by atoms with van der Waals surface area (Å²) in [4.78, 5) is 0. The van der Waals surface area contributed by atoms with Crippen molar-refractivity contribution >= 4 is 0 Å². The predicted molar refractivity (Wildman–Crippen MR) is 74.1 cm³/mol. The van der Waals surface area contributed by atoms with Gasteiger partial charge in [-0.2, -0.15) is 0 Å². The molecule has 0 saturated heterocycles. The van der Waals surface area contributed by atoms with E-state index in [4.69, 9.17) is 9.47 Å². The summed E-state index contributed by atoms with van der Waals surface area (Å²) in [5, 5.41) is 0. The lowest BCUT2D eigenvalue weighted by atomic mass is 10.0. The van der Waals surface area contributed by atoms with Gasteiger partial charge in [0.15, 0.2) is 0 Å². The summed E-state index contributed by atoms with van der Waals surface area (Å²) >= 11 is 0. The lowest BCUT2D eigenvalue weighted by molar-refractivity contribution is 0.364. The molecule has 0 atom stereocenters. The minimum atomic E-state index is 0.492. The van der Waals surface area contributed by atoms with Gasteiger partial charge in [0.05, 0.1) is 7.11 Å². The summed E-state index contributed by atoms with van der Waals surface area (Å²) in [6, 6.07) is 15.8. The zero-order valence-electron chi connectivity index (χ0n) is 10.4. The Hall–Kier alpha value is -2.22. The fourth-order valence-electron chi connectivity index (χ4n) is 1.83. The molecule has 0 radical (unpaired) electrons. The standard InChI is InChI=1S/C16H16O2/c1-3-12-18-16-11-7-5-9-14(16)13-8-4-6-10-15(13)17-2/h3-11H,1,12H2,2H3. The molecule has 0 bridgehead atoms. The number of hydrogen-bond donors (Lipinski definition) is 0. The molecule has 92 valence electrons. The van der Waals surface area contributed by atoms with E-state index in [0.717, 1.165) is 22.6 Å². The van der Waals surface area contributed by atoms with E-state index in [2.05, 4.69) is 6.58 Å². The zero-order chi connectivity index (χ0) is 12.8. The monoisotopic (exact) mass is 240 g/mol. The van der Waals surface area contributed by atoms with Gasteiger partial charge in [-0.3, -0.25) is 0 Å². The summed E-state index contributed by atoms with van der Waals surface area (Å²) in [5.41, 5.74) is 2.05. The van der Waals surface area contributed by atoms with Crippen LogP contribution in [0.2, 0.25) is 0 Å². The summed E-state index contributed by atoms with van der Waals surface area (Å²) in [6.45, 7) is 4.15. The van der Waals surface area contributed by atoms with E-state index in [9.17, 15) is 0 Å². The van der Waals surface area contributed by atoms with E-state index < -0.39 is 0 Å². The topological polar surface area (TPSA) is 18.5 Å². The van der Waals surface area contributed by atoms with E-state index in [0.29, 0.717) is 6.61 Å². The molecule has 2 nitrogen and oxygen atoms in total. The second kappa shape index (κ2) is 5.92. The van der Waals surface area contributed by atoms with Gasteiger partial charge in [-0.05, 0) is 12.1 Å². The van der Waals surface area contributed by atoms with Crippen LogP contribution < -0.4 is 9.47 Å². The average molecular weight is 240 g/mol. The van der Waals surface area contributed by atoms with E-state index >= 15 is 0 Å². The third-order valence-corrected chi connectivity index (χ3v) is 2.64. The molecule has 0 aliphatic carbocycles. The molecular weight excluding hydrogens is 224 g/mol. The Morgan fingerprint density at radius 3 is 2.11 bits per heavy atom. The van der Waals surface area contributed by atoms with Crippen LogP contribution in [0.3, 0.4) is 0 Å². The van der Waals surface area contributed by atoms with Crippen molar-refractivity contribution in [1.29, 1.82) is 0 Å². The van der Waals surface area contributed by atoms with Gasteiger partial charge in [0, 0.05) is 11.1 Å². The Balaban J connectivity index is 2.46. The molecular formula is C16H16O2. The lowest BCUT2D eigenvalue weighted by Crippen LogP contribution is -1.96. The van der Waals surface area contributed by atoms with Crippen molar-refractivity contribution in [3.8, 4) is 22.6 Å². The van der Waals surface area contributed by atoms with E-state index in [1.165, 1.54) is 0 Å². The Labute approximate surface area is 107 Å². The number of hydrogen-bond acceptors (Lipinski definition) is 2. The molecule has 0 N–H and O–H groups in total. The second-order valence-corrected chi connectivity index (χ2v) is 3.80. The van der Waals surface area contributed by atoms with Crippen LogP contribution in [0.15, 0.2) is 61.2 Å². The first kappa shape index (κ1) is 12.2. The highest BCUT2D eigenvalue weighted by atomic mass is 16.5. The van der Waals surface area contributed by atoms with Crippen molar-refractivity contribution in [2.75, 3.05) is 13.7 Å². The molecule has 0 heterocycles. The summed E-state index contributed by atoms with van der Waals surface area (Å²) in [6.07, 6.45) is 1.74. The maximum atomic E-state index is 5.67. The first-order valence-electron chi connectivity index (χ1n) is 5.83. The van der Waals surface area contributed by atoms with Crippen molar-refractivity contribution in [3.63, 3.8) is 0 Å². The van der Waals surface area contributed by atoms with Crippen molar-refractivity contribution in [1.82, 2.24) is 0 Å². The van der Waals surface area contributed by atoms with Crippen LogP contribution in [-0.4, -0.2) is 13.7 Å². The first-order valence-corrected chi connectivity index (χ1v) is 5.83. The van der Waals surface area contributed by atoms with Crippen LogP contribution in [0.1, 0.15) is 0 Å². The van der Waals surface area contributed by atoms with E-state index in [-0.39, 0.29) is 0 Å². The molecule has 2 rings (SSSR count). The molecule has 0 aliphatic rings. The maximum absolute atomic E-state index is 5.67. The molecule has 2 heteroatoms. The van der Waals surface area contributed by atoms with Crippen LogP contribution in [-0.2, 0) is 0 Å². The highest BCUT2D eigenvalue weighted by Gasteiger charge is 2.09. The zero-order valence-corrected chi connectivity index (χ0v) is 10.4. The molecule has 0 fully saturated rings. The summed E-state index contributed by atoms with van der Waals surface area (Å²) in [5.74, 6) is 1.68. The van der Waals surface area contributed by atoms with Gasteiger partial charge in [-0.15, -0.1) is 0 Å². The minimum Gasteiger partial charge on any atom is -0.496 e. The van der Waals surface area contributed by atoms with Gasteiger partial charge in [0.1, 0.15) is 18.1 Å². The minimum absolute atomic E-state index is 0.492. The van der Waals surface area contributed by atoms with Gasteiger partial charge < -0.3 is 9.47 Å². The second-order valence-electron chi connectivity index (χ2n) is 3.80. The van der Waals surface area contributed by atoms with Crippen molar-refractivity contribution in [3.05, 3.63) is 61.2 Å². The third kappa shape index (κ3) is 2.54. The van der Waals surface area contributed by atoms with Crippen LogP contribution in [0, 0.1) is 0 Å². The van der Waals surface area contributed by atoms with Gasteiger partial charge in [-0.25, -0.2) is 0 Å². The highest BCUT2D eigenvalue weighted by molar-refractivity contribution is 5.75. The Morgan fingerprint density at radius 2 is 1.50 bits per heavy atom. The van der Waals surface area contributed by atoms with Crippen LogP contribution in [0.5, 0.6) is 11.5 Å². The molecule has 0 aromatic heterocycles. The van der Waals surface area contributed by atoms with Gasteiger partial charge in [0.25, 0.3) is 0 Å². The molecule has 0 saturated carbocycles. The number of methoxy groups -OCH3 is 1. The van der Waals surface area contributed by atoms with Gasteiger partial charge >= 0.3 is 0 Å². The van der Waals surface area contributed by atoms with Crippen LogP contribution in [0.25, 0.3) is 11.1 Å². The summed E-state index contributed by atoms with van der Waals surface area (Å²) < 4.78 is 11.1. The third-order valence-electron chi connectivity index (χ3n) is 2.64. The molecule has 2 aromatic carbocycles. The number of rotatable bonds is 5. The number of ether oxygens (including phenoxy) is 2. The fraction of sp³-hybridized carbons (Fsp3) is 0.125. The number of benzene rings is 2. The molecule has 0 amide bonds. The molecule has 0 unspecified atom stereocenters. The Kier molecular flexibility index (Phi) is 4.02. The van der Waals surface area contributed by atoms with Crippen molar-refractivity contribution in [2.45, 2.75) is 0 Å². The first-order chi connectivity index (χ1) is 8.86. The average Bonchev–Trinajstić information content (AvgIpc) is 2.45. The molecule has 0 spiro atoms. The quantitative estimate of drug-likeness (QED) is 0.737. The van der Waals surface area contributed by atoms with E-state index in [1.54, 1.807) is 13.2 Å². The predicted octanol–water partition coefficient (Wildman–Crippen LogP) is 3.93. The van der Waals surface area contributed by atoms with Crippen LogP contribution in [0.4, 0.5) is 0 Å². The fourth-order valence-corrected chi connectivity index (χ4v) is 1.83. The normalized spacial score (nSPS) is 9.83. The van der Waals surface area contributed by atoms with Gasteiger partial charge in [0.2, 0.25) is 0 Å². The molecule has 18 heavy (non-hydrogen) atoms. The van der Waals surface area contributed by atoms with Crippen molar-refractivity contribution < 1.29 is 9.47 Å². The van der Waals surface area contributed by atoms with E-state index in [1.807, 2.05) is 48.5 Å². The highest BCUT2D eigenvalue weighted by Crippen LogP contribution is 2.35. The Morgan fingerprint density at radius 1 is 0.944 bits per heavy atom. The molecule has 0 aliphatic heterocycles. The Bertz CT molecular complexity index is 532. The van der Waals surface area contributed by atoms with Gasteiger partial charge in [-0.1, -0.05) is 49.1 Å². The smallest absolute Gasteiger partial charge is 0.127 e. The summed E-state index contributed by atoms with van der Waals surface area (Å²) in [7, 11) is 1.67. The van der Waals surface area contributed by atoms with Crippen LogP contribution >= 0.6 is 0 Å².